The number of amides is 1. The average Bonchev–Trinajstić information content (AvgIpc) is 3.26. The number of halogens is 3. The molecule has 1 amide bonds. The summed E-state index contributed by atoms with van der Waals surface area (Å²) in [5, 5.41) is 16.1. The van der Waals surface area contributed by atoms with Crippen LogP contribution < -0.4 is 15.8 Å². The van der Waals surface area contributed by atoms with Crippen molar-refractivity contribution in [1.82, 2.24) is 9.78 Å². The molecule has 0 saturated heterocycles. The van der Waals surface area contributed by atoms with Gasteiger partial charge < -0.3 is 15.8 Å². The summed E-state index contributed by atoms with van der Waals surface area (Å²) in [6, 6.07) is 16.0. The third-order valence-corrected chi connectivity index (χ3v) is 5.35. The molecule has 3 heterocycles. The van der Waals surface area contributed by atoms with Crippen molar-refractivity contribution >= 4 is 11.6 Å². The summed E-state index contributed by atoms with van der Waals surface area (Å²) in [4.78, 5) is 13.3. The van der Waals surface area contributed by atoms with Gasteiger partial charge in [0.25, 0.3) is 0 Å². The third-order valence-electron chi connectivity index (χ3n) is 5.35. The Kier molecular flexibility index (Phi) is 3.70. The number of hydrogen-bond acceptors (Lipinski definition) is 5. The van der Waals surface area contributed by atoms with Gasteiger partial charge in [-0.3, -0.25) is 4.79 Å². The fraction of sp³-hybridized carbons (Fsp3) is 0.0952. The Morgan fingerprint density at radius 2 is 1.81 bits per heavy atom. The Morgan fingerprint density at radius 3 is 2.48 bits per heavy atom. The Bertz CT molecular complexity index is 1320. The summed E-state index contributed by atoms with van der Waals surface area (Å²) in [6.45, 7) is 0. The van der Waals surface area contributed by atoms with E-state index in [0.717, 1.165) is 4.68 Å². The molecule has 7 nitrogen and oxygen atoms in total. The van der Waals surface area contributed by atoms with Crippen LogP contribution in [-0.2, 0) is 16.4 Å². The van der Waals surface area contributed by atoms with E-state index in [2.05, 4.69) is 10.4 Å². The zero-order chi connectivity index (χ0) is 22.0. The average molecular weight is 423 g/mol. The topological polar surface area (TPSA) is 106 Å². The lowest BCUT2D eigenvalue weighted by atomic mass is 9.69. The minimum absolute atomic E-state index is 0.169. The van der Waals surface area contributed by atoms with Crippen LogP contribution in [0.25, 0.3) is 5.69 Å². The summed E-state index contributed by atoms with van der Waals surface area (Å²) < 4.78 is 49.0. The highest BCUT2D eigenvalue weighted by atomic mass is 19.4. The van der Waals surface area contributed by atoms with Crippen molar-refractivity contribution in [3.63, 3.8) is 0 Å². The van der Waals surface area contributed by atoms with Gasteiger partial charge in [-0.15, -0.1) is 0 Å². The highest BCUT2D eigenvalue weighted by Gasteiger charge is 2.61. The van der Waals surface area contributed by atoms with E-state index in [0.29, 0.717) is 0 Å². The number of para-hydroxylation sites is 2. The highest BCUT2D eigenvalue weighted by Crippen LogP contribution is 2.56. The van der Waals surface area contributed by atoms with Crippen molar-refractivity contribution in [2.24, 2.45) is 5.73 Å². The lowest BCUT2D eigenvalue weighted by Crippen LogP contribution is -2.43. The van der Waals surface area contributed by atoms with Crippen molar-refractivity contribution in [2.45, 2.75) is 11.6 Å². The molecular weight excluding hydrogens is 411 g/mol. The molecule has 1 atom stereocenters. The van der Waals surface area contributed by atoms with E-state index in [4.69, 9.17) is 10.5 Å². The molecule has 2 aliphatic rings. The number of ether oxygens (including phenoxy) is 1. The number of carbonyl (C=O) groups is 1. The number of nitriles is 1. The van der Waals surface area contributed by atoms with Gasteiger partial charge in [0, 0.05) is 11.3 Å². The summed E-state index contributed by atoms with van der Waals surface area (Å²) in [6.07, 6.45) is -4.94. The molecule has 2 aromatic carbocycles. The quantitative estimate of drug-likeness (QED) is 0.625. The fourth-order valence-electron chi connectivity index (χ4n) is 4.14. The molecule has 31 heavy (non-hydrogen) atoms. The number of hydrogen-bond donors (Lipinski definition) is 2. The molecule has 5 rings (SSSR count). The predicted octanol–water partition coefficient (Wildman–Crippen LogP) is 3.22. The van der Waals surface area contributed by atoms with Gasteiger partial charge in [-0.1, -0.05) is 36.4 Å². The molecule has 0 saturated carbocycles. The minimum atomic E-state index is -4.94. The summed E-state index contributed by atoms with van der Waals surface area (Å²) >= 11 is 0. The van der Waals surface area contributed by atoms with Gasteiger partial charge in [-0.05, 0) is 18.2 Å². The molecule has 1 aromatic heterocycles. The Balaban J connectivity index is 1.96. The first kappa shape index (κ1) is 18.7. The van der Waals surface area contributed by atoms with Crippen LogP contribution in [0.3, 0.4) is 0 Å². The van der Waals surface area contributed by atoms with Gasteiger partial charge in [0.1, 0.15) is 17.1 Å². The van der Waals surface area contributed by atoms with E-state index in [-0.39, 0.29) is 22.8 Å². The number of anilines is 1. The molecule has 1 unspecified atom stereocenters. The van der Waals surface area contributed by atoms with Crippen molar-refractivity contribution in [2.75, 3.05) is 5.32 Å². The molecule has 0 aliphatic carbocycles. The second-order valence-electron chi connectivity index (χ2n) is 6.98. The monoisotopic (exact) mass is 423 g/mol. The Morgan fingerprint density at radius 1 is 1.13 bits per heavy atom. The lowest BCUT2D eigenvalue weighted by Gasteiger charge is -2.32. The largest absolute Gasteiger partial charge is 0.435 e. The van der Waals surface area contributed by atoms with Crippen LogP contribution in [0.4, 0.5) is 18.9 Å². The zero-order valence-electron chi connectivity index (χ0n) is 15.6. The molecule has 3 N–H and O–H groups in total. The fourth-order valence-corrected chi connectivity index (χ4v) is 4.14. The van der Waals surface area contributed by atoms with Crippen LogP contribution in [-0.4, -0.2) is 15.7 Å². The minimum Gasteiger partial charge on any atom is -0.422 e. The van der Waals surface area contributed by atoms with Gasteiger partial charge in [-0.25, -0.2) is 0 Å². The van der Waals surface area contributed by atoms with E-state index < -0.39 is 40.2 Å². The number of carbonyl (C=O) groups excluding carboxylic acids is 1. The second kappa shape index (κ2) is 6.12. The Hall–Kier alpha value is -4.26. The molecule has 0 bridgehead atoms. The summed E-state index contributed by atoms with van der Waals surface area (Å²) in [7, 11) is 0. The van der Waals surface area contributed by atoms with Gasteiger partial charge in [0.2, 0.25) is 17.7 Å². The van der Waals surface area contributed by atoms with E-state index in [9.17, 15) is 23.2 Å². The summed E-state index contributed by atoms with van der Waals surface area (Å²) in [5.41, 5.74) is 2.20. The Labute approximate surface area is 173 Å². The molecule has 10 heteroatoms. The number of nitrogens with two attached hydrogens (primary N) is 1. The van der Waals surface area contributed by atoms with Crippen molar-refractivity contribution in [3.05, 3.63) is 82.9 Å². The number of benzene rings is 2. The number of alkyl halides is 3. The molecule has 154 valence electrons. The van der Waals surface area contributed by atoms with E-state index >= 15 is 0 Å². The molecule has 1 spiro atoms. The van der Waals surface area contributed by atoms with Crippen LogP contribution in [0.5, 0.6) is 5.88 Å². The van der Waals surface area contributed by atoms with Crippen LogP contribution in [0.1, 0.15) is 16.8 Å². The highest BCUT2D eigenvalue weighted by molar-refractivity contribution is 6.12. The molecule has 2 aliphatic heterocycles. The lowest BCUT2D eigenvalue weighted by molar-refractivity contribution is -0.142. The normalized spacial score (nSPS) is 19.5. The van der Waals surface area contributed by atoms with Crippen molar-refractivity contribution in [1.29, 1.82) is 5.26 Å². The SMILES string of the molecule is N#CC1=C(N)Oc2c(c(C(F)(F)F)nn2-c2ccccc2)C12C(=O)Nc1ccccc12. The zero-order valence-corrected chi connectivity index (χ0v) is 15.6. The molecular formula is C21H12F3N5O2. The van der Waals surface area contributed by atoms with Crippen molar-refractivity contribution in [3.8, 4) is 17.6 Å². The maximum absolute atomic E-state index is 14.2. The molecule has 0 radical (unpaired) electrons. The number of nitrogens with zero attached hydrogens (tertiary/aromatic N) is 3. The summed E-state index contributed by atoms with van der Waals surface area (Å²) in [5.74, 6) is -1.68. The molecule has 3 aromatic rings. The van der Waals surface area contributed by atoms with E-state index in [1.165, 1.54) is 24.3 Å². The second-order valence-corrected chi connectivity index (χ2v) is 6.98. The maximum Gasteiger partial charge on any atom is 0.435 e. The maximum atomic E-state index is 14.2. The van der Waals surface area contributed by atoms with Gasteiger partial charge >= 0.3 is 6.18 Å². The standard InChI is InChI=1S/C21H12F3N5O2/c22-21(23,24)16-15-18(29(28-16)11-6-2-1-3-7-11)31-17(26)13(10-25)20(15)12-8-4-5-9-14(12)27-19(20)30/h1-9H,26H2,(H,27,30). The first-order valence-corrected chi connectivity index (χ1v) is 9.05. The number of aromatic nitrogens is 2. The molecule has 0 fully saturated rings. The van der Waals surface area contributed by atoms with Crippen molar-refractivity contribution < 1.29 is 22.7 Å². The van der Waals surface area contributed by atoms with Gasteiger partial charge in [-0.2, -0.15) is 28.2 Å². The van der Waals surface area contributed by atoms with Crippen LogP contribution in [0.2, 0.25) is 0 Å². The number of nitrogens with one attached hydrogen (secondary N) is 1. The van der Waals surface area contributed by atoms with Crippen LogP contribution in [0, 0.1) is 11.3 Å². The first-order valence-electron chi connectivity index (χ1n) is 9.05. The third kappa shape index (κ3) is 2.34. The number of fused-ring (bicyclic) bond motifs is 4. The van der Waals surface area contributed by atoms with E-state index in [1.54, 1.807) is 36.4 Å². The number of rotatable bonds is 1. The predicted molar refractivity (Wildman–Crippen MR) is 102 cm³/mol. The smallest absolute Gasteiger partial charge is 0.422 e. The van der Waals surface area contributed by atoms with E-state index in [1.807, 2.05) is 0 Å². The van der Waals surface area contributed by atoms with Gasteiger partial charge in [0.05, 0.1) is 11.3 Å². The van der Waals surface area contributed by atoms with Crippen LogP contribution in [0.15, 0.2) is 66.1 Å². The van der Waals surface area contributed by atoms with Gasteiger partial charge in [0.15, 0.2) is 5.69 Å². The van der Waals surface area contributed by atoms with Crippen LogP contribution >= 0.6 is 0 Å². The first-order chi connectivity index (χ1) is 14.8.